The Kier molecular flexibility index (Phi) is 2.88. The number of imidazole rings is 1. The Morgan fingerprint density at radius 3 is 2.96 bits per heavy atom. The molecule has 0 radical (unpaired) electrons. The average molecular weight is 376 g/mol. The van der Waals surface area contributed by atoms with Crippen molar-refractivity contribution in [3.63, 3.8) is 0 Å². The van der Waals surface area contributed by atoms with E-state index in [1.807, 2.05) is 0 Å². The van der Waals surface area contributed by atoms with Crippen molar-refractivity contribution in [1.29, 1.82) is 0 Å². The maximum Gasteiger partial charge on any atom is 0.422 e. The Labute approximate surface area is 153 Å². The highest BCUT2D eigenvalue weighted by Crippen LogP contribution is 2.24. The number of para-hydroxylation sites is 2. The summed E-state index contributed by atoms with van der Waals surface area (Å²) >= 11 is 0. The Morgan fingerprint density at radius 1 is 1.44 bits per heavy atom. The van der Waals surface area contributed by atoms with Crippen LogP contribution in [0.4, 0.5) is 13.2 Å². The number of ether oxygens (including phenoxy) is 1. The number of aromatic amines is 1. The van der Waals surface area contributed by atoms with Crippen molar-refractivity contribution in [2.24, 2.45) is 0 Å². The van der Waals surface area contributed by atoms with Crippen LogP contribution in [0.2, 0.25) is 0 Å². The summed E-state index contributed by atoms with van der Waals surface area (Å²) in [6, 6.07) is 5.32. The zero-order chi connectivity index (χ0) is 24.1. The van der Waals surface area contributed by atoms with Gasteiger partial charge >= 0.3 is 6.18 Å². The van der Waals surface area contributed by atoms with Crippen LogP contribution >= 0.6 is 0 Å². The van der Waals surface area contributed by atoms with Gasteiger partial charge in [0, 0.05) is 18.6 Å². The first-order chi connectivity index (χ1) is 14.6. The second kappa shape index (κ2) is 6.83. The molecule has 9 heteroatoms. The number of hydrogen-bond acceptors (Lipinski definition) is 4. The van der Waals surface area contributed by atoms with Gasteiger partial charge in [-0.1, -0.05) is 12.1 Å². The number of alkyl halides is 3. The number of halogens is 3. The molecule has 0 fully saturated rings. The van der Waals surface area contributed by atoms with Crippen molar-refractivity contribution in [3.05, 3.63) is 47.7 Å². The number of fused-ring (bicyclic) bond motifs is 1. The lowest BCUT2D eigenvalue weighted by atomic mass is 10.2. The number of benzene rings is 1. The fourth-order valence-electron chi connectivity index (χ4n) is 1.85. The van der Waals surface area contributed by atoms with E-state index in [2.05, 4.69) is 19.7 Å². The highest BCUT2D eigenvalue weighted by Gasteiger charge is 2.29. The molecular formula is C16H14F3N3O2S. The van der Waals surface area contributed by atoms with Gasteiger partial charge in [0.25, 0.3) is 0 Å². The highest BCUT2D eigenvalue weighted by molar-refractivity contribution is 7.84. The first kappa shape index (κ1) is 10.5. The summed E-state index contributed by atoms with van der Waals surface area (Å²) in [5.74, 6) is -1.18. The summed E-state index contributed by atoms with van der Waals surface area (Å²) in [4.78, 5) is 10.1. The lowest BCUT2D eigenvalue weighted by molar-refractivity contribution is -0.153. The van der Waals surface area contributed by atoms with Crippen molar-refractivity contribution in [2.45, 2.75) is 23.9 Å². The monoisotopic (exact) mass is 376 g/mol. The standard InChI is InChI=1S/C16H14F3N3O2S/c1-10-13(20-7-6-14(10)24-9-16(17,18)19)8-25(23)15-21-11-4-2-3-5-12(11)22-15/h2-7H,8-9H2,1H3,(H,21,22)/i1D3,6D,7D,8D2. The Balaban J connectivity index is 2.19. The van der Waals surface area contributed by atoms with Gasteiger partial charge in [-0.25, -0.2) is 4.98 Å². The molecule has 1 aromatic carbocycles. The Bertz CT molecular complexity index is 1170. The van der Waals surface area contributed by atoms with Crippen LogP contribution in [-0.2, 0) is 16.5 Å². The van der Waals surface area contributed by atoms with Crippen molar-refractivity contribution < 1.29 is 31.7 Å². The van der Waals surface area contributed by atoms with Crippen LogP contribution in [0.1, 0.15) is 20.9 Å². The lowest BCUT2D eigenvalue weighted by Gasteiger charge is -2.13. The molecule has 5 nitrogen and oxygen atoms in total. The second-order valence-electron chi connectivity index (χ2n) is 4.74. The predicted octanol–water partition coefficient (Wildman–Crippen LogP) is 3.52. The molecular weight excluding hydrogens is 355 g/mol. The third-order valence-corrected chi connectivity index (χ3v) is 3.84. The van der Waals surface area contributed by atoms with Gasteiger partial charge in [-0.15, -0.1) is 0 Å². The number of nitrogens with zero attached hydrogens (tertiary/aromatic N) is 2. The molecule has 0 bridgehead atoms. The van der Waals surface area contributed by atoms with Gasteiger partial charge in [0.1, 0.15) is 5.75 Å². The summed E-state index contributed by atoms with van der Waals surface area (Å²) in [6.45, 7) is -5.29. The second-order valence-corrected chi connectivity index (χ2v) is 5.86. The van der Waals surface area contributed by atoms with Gasteiger partial charge in [-0.3, -0.25) is 9.19 Å². The van der Waals surface area contributed by atoms with E-state index in [0.29, 0.717) is 11.0 Å². The van der Waals surface area contributed by atoms with E-state index in [1.54, 1.807) is 24.3 Å². The fraction of sp³-hybridized carbons (Fsp3) is 0.250. The summed E-state index contributed by atoms with van der Waals surface area (Å²) in [6.07, 6.45) is -5.95. The Morgan fingerprint density at radius 2 is 2.24 bits per heavy atom. The van der Waals surface area contributed by atoms with Gasteiger partial charge in [0.15, 0.2) is 11.8 Å². The molecule has 3 aromatic rings. The zero-order valence-corrected chi connectivity index (χ0v) is 13.1. The molecule has 0 saturated carbocycles. The molecule has 2 aromatic heterocycles. The minimum Gasteiger partial charge on any atom is -0.484 e. The minimum absolute atomic E-state index is 0.340. The van der Waals surface area contributed by atoms with E-state index < -0.39 is 65.4 Å². The number of pyridine rings is 1. The first-order valence-electron chi connectivity index (χ1n) is 10.2. The maximum atomic E-state index is 13.0. The summed E-state index contributed by atoms with van der Waals surface area (Å²) in [5.41, 5.74) is -4.65. The van der Waals surface area contributed by atoms with Gasteiger partial charge in [0.2, 0.25) is 0 Å². The normalized spacial score (nSPS) is 18.3. The average Bonchev–Trinajstić information content (AvgIpc) is 3.10. The zero-order valence-electron chi connectivity index (χ0n) is 19.3. The van der Waals surface area contributed by atoms with Crippen LogP contribution in [0.15, 0.2) is 41.6 Å². The van der Waals surface area contributed by atoms with Gasteiger partial charge in [-0.2, -0.15) is 13.2 Å². The number of rotatable bonds is 5. The summed E-state index contributed by atoms with van der Waals surface area (Å²) in [7, 11) is -2.73. The Hall–Kier alpha value is -2.42. The van der Waals surface area contributed by atoms with Crippen LogP contribution < -0.4 is 4.74 Å². The summed E-state index contributed by atoms with van der Waals surface area (Å²) < 4.78 is 111. The number of nitrogens with one attached hydrogen (secondary N) is 1. The third-order valence-electron chi connectivity index (χ3n) is 2.91. The largest absolute Gasteiger partial charge is 0.484 e. The van der Waals surface area contributed by atoms with Crippen molar-refractivity contribution >= 4 is 21.8 Å². The van der Waals surface area contributed by atoms with Crippen molar-refractivity contribution in [2.75, 3.05) is 6.61 Å². The molecule has 0 aliphatic rings. The fourth-order valence-corrected chi connectivity index (χ4v) is 2.65. The van der Waals surface area contributed by atoms with Crippen LogP contribution in [0.25, 0.3) is 11.0 Å². The van der Waals surface area contributed by atoms with Crippen molar-refractivity contribution in [1.82, 2.24) is 15.0 Å². The molecule has 0 aliphatic heterocycles. The smallest absolute Gasteiger partial charge is 0.422 e. The molecule has 1 atom stereocenters. The molecule has 2 heterocycles. The van der Waals surface area contributed by atoms with Gasteiger partial charge in [-0.05, 0) is 25.0 Å². The molecule has 0 aliphatic carbocycles. The van der Waals surface area contributed by atoms with E-state index in [1.165, 1.54) is 0 Å². The number of H-pyrrole nitrogens is 1. The van der Waals surface area contributed by atoms with Crippen LogP contribution in [0, 0.1) is 6.85 Å². The number of aromatic nitrogens is 3. The van der Waals surface area contributed by atoms with Gasteiger partial charge in [0.05, 0.1) is 36.0 Å². The molecule has 0 amide bonds. The molecule has 0 saturated heterocycles. The quantitative estimate of drug-likeness (QED) is 0.740. The predicted molar refractivity (Wildman–Crippen MR) is 86.7 cm³/mol. The summed E-state index contributed by atoms with van der Waals surface area (Å²) in [5, 5.41) is -0.381. The maximum absolute atomic E-state index is 13.0. The van der Waals surface area contributed by atoms with E-state index in [4.69, 9.17) is 9.60 Å². The van der Waals surface area contributed by atoms with E-state index in [9.17, 15) is 17.4 Å². The molecule has 1 unspecified atom stereocenters. The molecule has 0 spiro atoms. The third kappa shape index (κ3) is 4.16. The molecule has 132 valence electrons. The first-order valence-corrected chi connectivity index (χ1v) is 7.86. The van der Waals surface area contributed by atoms with Crippen LogP contribution in [-0.4, -0.2) is 31.9 Å². The van der Waals surface area contributed by atoms with Gasteiger partial charge < -0.3 is 9.72 Å². The van der Waals surface area contributed by atoms with Crippen LogP contribution in [0.5, 0.6) is 5.75 Å². The topological polar surface area (TPSA) is 67.9 Å². The van der Waals surface area contributed by atoms with E-state index >= 15 is 0 Å². The van der Waals surface area contributed by atoms with Crippen molar-refractivity contribution in [3.8, 4) is 5.75 Å². The van der Waals surface area contributed by atoms with Crippen LogP contribution in [0.3, 0.4) is 0 Å². The highest BCUT2D eigenvalue weighted by atomic mass is 32.2. The minimum atomic E-state index is -4.90. The SMILES string of the molecule is [2H]c1nc(C([2H])([2H])S(=O)c2nc3ccccc3[nH]2)c(C([2H])([2H])[2H])c(OCC(F)(F)F)c1[2H]. The molecule has 3 rings (SSSR count). The van der Waals surface area contributed by atoms with E-state index in [0.717, 1.165) is 0 Å². The lowest BCUT2D eigenvalue weighted by Crippen LogP contribution is -2.19. The number of hydrogen-bond donors (Lipinski definition) is 1. The molecule has 1 N–H and O–H groups in total. The van der Waals surface area contributed by atoms with E-state index in [-0.39, 0.29) is 5.16 Å². The molecule has 25 heavy (non-hydrogen) atoms.